The summed E-state index contributed by atoms with van der Waals surface area (Å²) in [6, 6.07) is 6.12. The first-order valence-corrected chi connectivity index (χ1v) is 6.44. The maximum absolute atomic E-state index is 5.46. The number of hydrogen-bond donors (Lipinski definition) is 1. The smallest absolute Gasteiger partial charge is 0.178 e. The molecule has 5 heteroatoms. The third-order valence-corrected chi connectivity index (χ3v) is 3.23. The highest BCUT2D eigenvalue weighted by Gasteiger charge is 2.11. The molecule has 0 aliphatic rings. The molecule has 0 aliphatic carbocycles. The molecule has 1 N–H and O–H groups in total. The van der Waals surface area contributed by atoms with Crippen LogP contribution in [0.1, 0.15) is 19.9 Å². The largest absolute Gasteiger partial charge is 0.497 e. The number of nitrogens with one attached hydrogen (secondary N) is 1. The van der Waals surface area contributed by atoms with Crippen LogP contribution in [0.15, 0.2) is 18.2 Å². The van der Waals surface area contributed by atoms with Crippen LogP contribution in [-0.4, -0.2) is 29.9 Å². The van der Waals surface area contributed by atoms with Crippen LogP contribution in [0.25, 0.3) is 11.0 Å². The summed E-state index contributed by atoms with van der Waals surface area (Å²) in [4.78, 5) is 3.20. The predicted octanol–water partition coefficient (Wildman–Crippen LogP) is 3.30. The van der Waals surface area contributed by atoms with Gasteiger partial charge in [-0.05, 0) is 38.2 Å². The first-order chi connectivity index (χ1) is 8.67. The molecule has 2 aromatic rings. The molecule has 0 aliphatic heterocycles. The molecular weight excluding hydrogens is 248 g/mol. The van der Waals surface area contributed by atoms with E-state index in [9.17, 15) is 0 Å². The molecule has 1 unspecified atom stereocenters. The zero-order chi connectivity index (χ0) is 13.1. The molecular formula is C13H18N2O2S. The lowest BCUT2D eigenvalue weighted by atomic mass is 10.2. The number of methoxy groups -OCH3 is 1. The highest BCUT2D eigenvalue weighted by atomic mass is 32.1. The van der Waals surface area contributed by atoms with Crippen molar-refractivity contribution in [2.75, 3.05) is 20.3 Å². The molecule has 0 spiro atoms. The zero-order valence-electron chi connectivity index (χ0n) is 10.9. The second-order valence-electron chi connectivity index (χ2n) is 4.19. The maximum atomic E-state index is 5.46. The number of H-pyrrole nitrogens is 1. The van der Waals surface area contributed by atoms with Gasteiger partial charge in [0.15, 0.2) is 4.77 Å². The third-order valence-electron chi connectivity index (χ3n) is 2.93. The zero-order valence-corrected chi connectivity index (χ0v) is 11.7. The van der Waals surface area contributed by atoms with Gasteiger partial charge in [0, 0.05) is 12.7 Å². The first-order valence-electron chi connectivity index (χ1n) is 6.03. The van der Waals surface area contributed by atoms with Gasteiger partial charge in [0.2, 0.25) is 0 Å². The minimum Gasteiger partial charge on any atom is -0.497 e. The lowest BCUT2D eigenvalue weighted by molar-refractivity contribution is 0.119. The summed E-state index contributed by atoms with van der Waals surface area (Å²) in [5, 5.41) is 0. The van der Waals surface area contributed by atoms with Gasteiger partial charge >= 0.3 is 0 Å². The van der Waals surface area contributed by atoms with Crippen LogP contribution >= 0.6 is 12.2 Å². The first kappa shape index (κ1) is 13.1. The van der Waals surface area contributed by atoms with Crippen molar-refractivity contribution in [1.29, 1.82) is 0 Å². The topological polar surface area (TPSA) is 39.2 Å². The quantitative estimate of drug-likeness (QED) is 0.844. The van der Waals surface area contributed by atoms with Crippen LogP contribution in [0.3, 0.4) is 0 Å². The van der Waals surface area contributed by atoms with Crippen molar-refractivity contribution in [1.82, 2.24) is 9.55 Å². The van der Waals surface area contributed by atoms with E-state index in [0.29, 0.717) is 18.0 Å². The summed E-state index contributed by atoms with van der Waals surface area (Å²) >= 11 is 5.37. The van der Waals surface area contributed by atoms with Gasteiger partial charge in [-0.1, -0.05) is 0 Å². The number of benzene rings is 1. The molecule has 1 aromatic heterocycles. The van der Waals surface area contributed by atoms with Gasteiger partial charge in [-0.2, -0.15) is 0 Å². The van der Waals surface area contributed by atoms with E-state index in [2.05, 4.69) is 16.5 Å². The van der Waals surface area contributed by atoms with E-state index in [1.807, 2.05) is 25.1 Å². The highest BCUT2D eigenvalue weighted by Crippen LogP contribution is 2.23. The Bertz CT molecular complexity index is 588. The maximum Gasteiger partial charge on any atom is 0.178 e. The molecule has 0 saturated heterocycles. The Morgan fingerprint density at radius 3 is 2.89 bits per heavy atom. The number of rotatable bonds is 5. The van der Waals surface area contributed by atoms with Crippen LogP contribution in [0.5, 0.6) is 5.75 Å². The SMILES string of the molecule is CCOCC(C)n1c(=S)[nH]c2cc(OC)ccc21. The molecule has 0 bridgehead atoms. The van der Waals surface area contributed by atoms with E-state index in [4.69, 9.17) is 21.7 Å². The van der Waals surface area contributed by atoms with Gasteiger partial charge in [-0.25, -0.2) is 0 Å². The van der Waals surface area contributed by atoms with Crippen LogP contribution < -0.4 is 4.74 Å². The molecule has 4 nitrogen and oxygen atoms in total. The number of aromatic amines is 1. The summed E-state index contributed by atoms with van der Waals surface area (Å²) in [6.07, 6.45) is 0. The van der Waals surface area contributed by atoms with Gasteiger partial charge in [-0.15, -0.1) is 0 Å². The summed E-state index contributed by atoms with van der Waals surface area (Å²) in [7, 11) is 1.66. The Labute approximate surface area is 112 Å². The average molecular weight is 266 g/mol. The molecule has 98 valence electrons. The lowest BCUT2D eigenvalue weighted by Crippen LogP contribution is -2.12. The number of ether oxygens (including phenoxy) is 2. The second kappa shape index (κ2) is 5.54. The Morgan fingerprint density at radius 2 is 2.22 bits per heavy atom. The number of hydrogen-bond acceptors (Lipinski definition) is 3. The minimum absolute atomic E-state index is 0.208. The fraction of sp³-hybridized carbons (Fsp3) is 0.462. The van der Waals surface area contributed by atoms with Gasteiger partial charge in [-0.3, -0.25) is 0 Å². The van der Waals surface area contributed by atoms with Gasteiger partial charge in [0.05, 0.1) is 30.8 Å². The Hall–Kier alpha value is -1.33. The Morgan fingerprint density at radius 1 is 1.44 bits per heavy atom. The molecule has 0 fully saturated rings. The summed E-state index contributed by atoms with van der Waals surface area (Å²) in [6.45, 7) is 5.46. The third kappa shape index (κ3) is 2.42. The van der Waals surface area contributed by atoms with E-state index in [1.54, 1.807) is 7.11 Å². The summed E-state index contributed by atoms with van der Waals surface area (Å²) in [5.74, 6) is 0.823. The van der Waals surface area contributed by atoms with Crippen molar-refractivity contribution in [2.45, 2.75) is 19.9 Å². The number of aromatic nitrogens is 2. The van der Waals surface area contributed by atoms with E-state index in [1.165, 1.54) is 0 Å². The molecule has 1 aromatic carbocycles. The molecule has 0 radical (unpaired) electrons. The molecule has 0 saturated carbocycles. The van der Waals surface area contributed by atoms with Crippen LogP contribution in [0, 0.1) is 4.77 Å². The van der Waals surface area contributed by atoms with E-state index in [0.717, 1.165) is 16.8 Å². The van der Waals surface area contributed by atoms with E-state index < -0.39 is 0 Å². The fourth-order valence-electron chi connectivity index (χ4n) is 2.04. The van der Waals surface area contributed by atoms with Gasteiger partial charge in [0.25, 0.3) is 0 Å². The molecule has 1 heterocycles. The van der Waals surface area contributed by atoms with Gasteiger partial charge in [0.1, 0.15) is 5.75 Å². The van der Waals surface area contributed by atoms with E-state index in [-0.39, 0.29) is 6.04 Å². The number of nitrogens with zero attached hydrogens (tertiary/aromatic N) is 1. The van der Waals surface area contributed by atoms with Crippen molar-refractivity contribution in [3.63, 3.8) is 0 Å². The van der Waals surface area contributed by atoms with Crippen molar-refractivity contribution in [3.8, 4) is 5.75 Å². The Kier molecular flexibility index (Phi) is 4.04. The van der Waals surface area contributed by atoms with Crippen LogP contribution in [0.4, 0.5) is 0 Å². The normalized spacial score (nSPS) is 12.8. The van der Waals surface area contributed by atoms with Crippen molar-refractivity contribution in [2.24, 2.45) is 0 Å². The fourth-order valence-corrected chi connectivity index (χ4v) is 2.43. The van der Waals surface area contributed by atoms with Gasteiger partial charge < -0.3 is 19.0 Å². The molecule has 2 rings (SSSR count). The molecule has 0 amide bonds. The monoisotopic (exact) mass is 266 g/mol. The van der Waals surface area contributed by atoms with Crippen LogP contribution in [0.2, 0.25) is 0 Å². The van der Waals surface area contributed by atoms with Crippen molar-refractivity contribution >= 4 is 23.3 Å². The van der Waals surface area contributed by atoms with Crippen molar-refractivity contribution < 1.29 is 9.47 Å². The summed E-state index contributed by atoms with van der Waals surface area (Å²) < 4.78 is 13.5. The lowest BCUT2D eigenvalue weighted by Gasteiger charge is -2.14. The van der Waals surface area contributed by atoms with Crippen LogP contribution in [-0.2, 0) is 4.74 Å². The summed E-state index contributed by atoms with van der Waals surface area (Å²) in [5.41, 5.74) is 2.07. The average Bonchev–Trinajstić information content (AvgIpc) is 2.70. The standard InChI is InChI=1S/C13H18N2O2S/c1-4-17-8-9(2)15-12-6-5-10(16-3)7-11(12)14-13(15)18/h5-7,9H,4,8H2,1-3H3,(H,14,18). The highest BCUT2D eigenvalue weighted by molar-refractivity contribution is 7.71. The molecule has 1 atom stereocenters. The second-order valence-corrected chi connectivity index (χ2v) is 4.58. The minimum atomic E-state index is 0.208. The van der Waals surface area contributed by atoms with Crippen molar-refractivity contribution in [3.05, 3.63) is 23.0 Å². The predicted molar refractivity (Wildman–Crippen MR) is 74.9 cm³/mol. The number of imidazole rings is 1. The van der Waals surface area contributed by atoms with E-state index >= 15 is 0 Å². The molecule has 18 heavy (non-hydrogen) atoms. The number of fused-ring (bicyclic) bond motifs is 1. The Balaban J connectivity index is 2.44.